The quantitative estimate of drug-likeness (QED) is 0.613. The van der Waals surface area contributed by atoms with Gasteiger partial charge in [0.25, 0.3) is 5.91 Å². The average molecular weight is 448 g/mol. The first-order chi connectivity index (χ1) is 16.0. The fourth-order valence-electron chi connectivity index (χ4n) is 4.69. The maximum atomic E-state index is 12.4. The lowest BCUT2D eigenvalue weighted by atomic mass is 10.0. The second-order valence-electron chi connectivity index (χ2n) is 8.61. The van der Waals surface area contributed by atoms with E-state index in [1.165, 1.54) is 10.5 Å². The summed E-state index contributed by atoms with van der Waals surface area (Å²) in [6, 6.07) is 13.2. The Morgan fingerprint density at radius 2 is 2.15 bits per heavy atom. The standard InChI is InChI=1S/C24H24N4O5/c25-9-16-3-1-2-15-6-14(7-18(15)16)10-26-11-20(29)22-12-28(24(31)33-22)17-4-5-21-19(8-17)27-23(30)13-32-21/h1-5,8,14,20,22,26,29H,6-7,10-13H2,(H,27,30)/t14?,20-,22-/m1/s1. The third-order valence-corrected chi connectivity index (χ3v) is 6.35. The Morgan fingerprint density at radius 3 is 3.00 bits per heavy atom. The third kappa shape index (κ3) is 4.23. The molecule has 1 saturated heterocycles. The molecular weight excluding hydrogens is 424 g/mol. The van der Waals surface area contributed by atoms with Crippen molar-refractivity contribution >= 4 is 23.4 Å². The Morgan fingerprint density at radius 1 is 1.27 bits per heavy atom. The number of ether oxygens (including phenoxy) is 2. The van der Waals surface area contributed by atoms with E-state index in [0.717, 1.165) is 24.0 Å². The SMILES string of the molecule is N#Cc1cccc2c1CC(CNC[C@@H](O)[C@H]1CN(c3ccc4c(c3)NC(=O)CO4)C(=O)O1)C2. The molecule has 1 aliphatic carbocycles. The molecule has 0 radical (unpaired) electrons. The number of benzene rings is 2. The molecule has 3 N–H and O–H groups in total. The van der Waals surface area contributed by atoms with E-state index in [2.05, 4.69) is 22.8 Å². The van der Waals surface area contributed by atoms with Gasteiger partial charge in [0.2, 0.25) is 0 Å². The fraction of sp³-hybridized carbons (Fsp3) is 0.375. The smallest absolute Gasteiger partial charge is 0.414 e. The zero-order valence-electron chi connectivity index (χ0n) is 17.9. The molecule has 1 unspecified atom stereocenters. The highest BCUT2D eigenvalue weighted by Gasteiger charge is 2.37. The molecule has 2 aromatic carbocycles. The summed E-state index contributed by atoms with van der Waals surface area (Å²) in [6.07, 6.45) is -0.334. The fourth-order valence-corrected chi connectivity index (χ4v) is 4.69. The van der Waals surface area contributed by atoms with Crippen LogP contribution in [0.15, 0.2) is 36.4 Å². The number of nitrogens with one attached hydrogen (secondary N) is 2. The minimum absolute atomic E-state index is 0.0359. The number of nitrogens with zero attached hydrogens (tertiary/aromatic N) is 2. The molecule has 0 spiro atoms. The number of nitriles is 1. The molecule has 2 amide bonds. The summed E-state index contributed by atoms with van der Waals surface area (Å²) >= 11 is 0. The molecule has 1 fully saturated rings. The third-order valence-electron chi connectivity index (χ3n) is 6.35. The lowest BCUT2D eigenvalue weighted by Gasteiger charge is -2.21. The van der Waals surface area contributed by atoms with Gasteiger partial charge in [0.1, 0.15) is 18.0 Å². The largest absolute Gasteiger partial charge is 0.482 e. The first kappa shape index (κ1) is 21.2. The van der Waals surface area contributed by atoms with Crippen molar-refractivity contribution in [2.45, 2.75) is 25.0 Å². The van der Waals surface area contributed by atoms with E-state index >= 15 is 0 Å². The number of hydrogen-bond acceptors (Lipinski definition) is 7. The predicted molar refractivity (Wildman–Crippen MR) is 119 cm³/mol. The van der Waals surface area contributed by atoms with Crippen LogP contribution >= 0.6 is 0 Å². The number of cyclic esters (lactones) is 1. The first-order valence-corrected chi connectivity index (χ1v) is 11.0. The number of carbonyl (C=O) groups is 2. The summed E-state index contributed by atoms with van der Waals surface area (Å²) in [5.41, 5.74) is 4.14. The van der Waals surface area contributed by atoms with Gasteiger partial charge in [-0.05, 0) is 60.7 Å². The van der Waals surface area contributed by atoms with Crippen molar-refractivity contribution < 1.29 is 24.2 Å². The highest BCUT2D eigenvalue weighted by molar-refractivity contribution is 5.97. The Kier molecular flexibility index (Phi) is 5.62. The highest BCUT2D eigenvalue weighted by Crippen LogP contribution is 2.34. The highest BCUT2D eigenvalue weighted by atomic mass is 16.6. The molecule has 170 valence electrons. The van der Waals surface area contributed by atoms with E-state index in [1.807, 2.05) is 12.1 Å². The number of rotatable bonds is 6. The van der Waals surface area contributed by atoms with Gasteiger partial charge in [0, 0.05) is 12.2 Å². The molecule has 3 aliphatic rings. The summed E-state index contributed by atoms with van der Waals surface area (Å²) < 4.78 is 10.7. The number of hydrogen-bond donors (Lipinski definition) is 3. The van der Waals surface area contributed by atoms with Gasteiger partial charge in [-0.2, -0.15) is 5.26 Å². The van der Waals surface area contributed by atoms with Crippen molar-refractivity contribution in [3.63, 3.8) is 0 Å². The van der Waals surface area contributed by atoms with Crippen LogP contribution in [0, 0.1) is 17.2 Å². The minimum atomic E-state index is -0.863. The molecule has 9 nitrogen and oxygen atoms in total. The maximum absolute atomic E-state index is 12.4. The van der Waals surface area contributed by atoms with Crippen molar-refractivity contribution in [1.29, 1.82) is 5.26 Å². The topological polar surface area (TPSA) is 124 Å². The molecule has 2 aromatic rings. The Labute approximate surface area is 190 Å². The summed E-state index contributed by atoms with van der Waals surface area (Å²) in [5.74, 6) is 0.650. The van der Waals surface area contributed by atoms with Gasteiger partial charge >= 0.3 is 6.09 Å². The summed E-state index contributed by atoms with van der Waals surface area (Å²) in [4.78, 5) is 25.4. The lowest BCUT2D eigenvalue weighted by molar-refractivity contribution is -0.118. The van der Waals surface area contributed by atoms with Crippen LogP contribution in [0.5, 0.6) is 5.75 Å². The molecule has 33 heavy (non-hydrogen) atoms. The molecule has 0 bridgehead atoms. The van der Waals surface area contributed by atoms with Crippen LogP contribution in [0.25, 0.3) is 0 Å². The van der Waals surface area contributed by atoms with Gasteiger partial charge in [-0.15, -0.1) is 0 Å². The van der Waals surface area contributed by atoms with Crippen molar-refractivity contribution in [1.82, 2.24) is 5.32 Å². The molecule has 9 heteroatoms. The van der Waals surface area contributed by atoms with E-state index < -0.39 is 18.3 Å². The predicted octanol–water partition coefficient (Wildman–Crippen LogP) is 1.58. The Hall–Kier alpha value is -3.61. The van der Waals surface area contributed by atoms with E-state index in [-0.39, 0.29) is 25.6 Å². The Balaban J connectivity index is 1.14. The number of fused-ring (bicyclic) bond motifs is 2. The van der Waals surface area contributed by atoms with Gasteiger partial charge in [0.15, 0.2) is 6.61 Å². The summed E-state index contributed by atoms with van der Waals surface area (Å²) in [5, 5.41) is 25.9. The normalized spacial score (nSPS) is 22.0. The zero-order chi connectivity index (χ0) is 22.9. The minimum Gasteiger partial charge on any atom is -0.482 e. The summed E-state index contributed by atoms with van der Waals surface area (Å²) in [6.45, 7) is 1.16. The first-order valence-electron chi connectivity index (χ1n) is 11.0. The lowest BCUT2D eigenvalue weighted by Crippen LogP contribution is -2.40. The van der Waals surface area contributed by atoms with Crippen LogP contribution in [0.4, 0.5) is 16.2 Å². The molecule has 3 atom stereocenters. The van der Waals surface area contributed by atoms with Crippen LogP contribution in [-0.4, -0.2) is 55.6 Å². The van der Waals surface area contributed by atoms with Crippen LogP contribution in [0.3, 0.4) is 0 Å². The number of amides is 2. The molecule has 2 aliphatic heterocycles. The van der Waals surface area contributed by atoms with Crippen molar-refractivity contribution in [2.24, 2.45) is 5.92 Å². The van der Waals surface area contributed by atoms with Gasteiger partial charge in [-0.1, -0.05) is 12.1 Å². The summed E-state index contributed by atoms with van der Waals surface area (Å²) in [7, 11) is 0. The maximum Gasteiger partial charge on any atom is 0.414 e. The molecule has 5 rings (SSSR count). The van der Waals surface area contributed by atoms with E-state index in [4.69, 9.17) is 9.47 Å². The average Bonchev–Trinajstić information content (AvgIpc) is 3.41. The molecule has 0 saturated carbocycles. The second-order valence-corrected chi connectivity index (χ2v) is 8.61. The molecule has 0 aromatic heterocycles. The van der Waals surface area contributed by atoms with Crippen LogP contribution < -0.4 is 20.3 Å². The van der Waals surface area contributed by atoms with E-state index in [1.54, 1.807) is 18.2 Å². The van der Waals surface area contributed by atoms with Crippen molar-refractivity contribution in [2.75, 3.05) is 36.5 Å². The zero-order valence-corrected chi connectivity index (χ0v) is 17.9. The van der Waals surface area contributed by atoms with Gasteiger partial charge in [-0.25, -0.2) is 4.79 Å². The number of aliphatic hydroxyl groups is 1. The number of aliphatic hydroxyl groups excluding tert-OH is 1. The Bertz CT molecular complexity index is 1140. The van der Waals surface area contributed by atoms with Crippen LogP contribution in [0.1, 0.15) is 16.7 Å². The van der Waals surface area contributed by atoms with E-state index in [0.29, 0.717) is 29.6 Å². The molecule has 2 heterocycles. The van der Waals surface area contributed by atoms with Crippen molar-refractivity contribution in [3.05, 3.63) is 53.1 Å². The van der Waals surface area contributed by atoms with Gasteiger partial charge in [0.05, 0.1) is 23.9 Å². The molecular formula is C24H24N4O5. The van der Waals surface area contributed by atoms with Crippen molar-refractivity contribution in [3.8, 4) is 11.8 Å². The van der Waals surface area contributed by atoms with Gasteiger partial charge in [-0.3, -0.25) is 9.69 Å². The van der Waals surface area contributed by atoms with Crippen LogP contribution in [0.2, 0.25) is 0 Å². The van der Waals surface area contributed by atoms with Gasteiger partial charge < -0.3 is 25.2 Å². The van der Waals surface area contributed by atoms with Crippen LogP contribution in [-0.2, 0) is 22.4 Å². The number of anilines is 2. The monoisotopic (exact) mass is 448 g/mol. The number of carbonyl (C=O) groups excluding carboxylic acids is 2. The second kappa shape index (κ2) is 8.73. The van der Waals surface area contributed by atoms with E-state index in [9.17, 15) is 20.0 Å².